The summed E-state index contributed by atoms with van der Waals surface area (Å²) in [5, 5.41) is 14.0. The van der Waals surface area contributed by atoms with Gasteiger partial charge in [-0.3, -0.25) is 9.20 Å². The number of rotatable bonds is 5. The molecule has 0 spiro atoms. The Labute approximate surface area is 188 Å². The number of benzene rings is 1. The zero-order valence-electron chi connectivity index (χ0n) is 17.3. The van der Waals surface area contributed by atoms with Gasteiger partial charge in [-0.25, -0.2) is 4.98 Å². The molecule has 31 heavy (non-hydrogen) atoms. The normalized spacial score (nSPS) is 18.4. The molecule has 2 aliphatic carbocycles. The largest absolute Gasteiger partial charge is 0.325 e. The molecule has 0 aliphatic heterocycles. The van der Waals surface area contributed by atoms with Crippen LogP contribution in [-0.2, 0) is 17.6 Å². The predicted molar refractivity (Wildman–Crippen MR) is 125 cm³/mol. The van der Waals surface area contributed by atoms with Gasteiger partial charge in [0.15, 0.2) is 10.8 Å². The molecule has 3 heterocycles. The molecule has 1 saturated carbocycles. The number of amides is 1. The number of carbonyl (C=O) groups is 1. The number of thiophene rings is 1. The highest BCUT2D eigenvalue weighted by atomic mass is 32.2. The fraction of sp³-hybridized carbons (Fsp3) is 0.391. The Kier molecular flexibility index (Phi) is 4.72. The Morgan fingerprint density at radius 2 is 2.06 bits per heavy atom. The van der Waals surface area contributed by atoms with Gasteiger partial charge < -0.3 is 5.32 Å². The Balaban J connectivity index is 1.36. The number of aryl methyl sites for hydroxylation is 1. The van der Waals surface area contributed by atoms with Crippen molar-refractivity contribution in [2.45, 2.75) is 50.1 Å². The minimum atomic E-state index is -0.0446. The molecule has 0 unspecified atom stereocenters. The zero-order chi connectivity index (χ0) is 20.9. The number of aromatic nitrogens is 4. The SMILES string of the molecule is C[C@H]1CCc2c(sc3nc(C4CC4)n4c(SCC(=O)Nc5ccccc5)nnc4c23)C1. The first-order valence-electron chi connectivity index (χ1n) is 10.8. The fourth-order valence-electron chi connectivity index (χ4n) is 4.40. The minimum absolute atomic E-state index is 0.0446. The second-order valence-corrected chi connectivity index (χ2v) is 10.6. The quantitative estimate of drug-likeness (QED) is 0.431. The van der Waals surface area contributed by atoms with Crippen LogP contribution in [0.15, 0.2) is 35.5 Å². The highest BCUT2D eigenvalue weighted by Crippen LogP contribution is 2.44. The van der Waals surface area contributed by atoms with E-state index in [1.165, 1.54) is 34.0 Å². The van der Waals surface area contributed by atoms with Crippen molar-refractivity contribution in [1.82, 2.24) is 19.6 Å². The average Bonchev–Trinajstić information content (AvgIpc) is 3.43. The third-order valence-electron chi connectivity index (χ3n) is 6.13. The second kappa shape index (κ2) is 7.60. The van der Waals surface area contributed by atoms with Gasteiger partial charge in [0.2, 0.25) is 5.91 Å². The summed E-state index contributed by atoms with van der Waals surface area (Å²) < 4.78 is 2.13. The maximum absolute atomic E-state index is 12.5. The van der Waals surface area contributed by atoms with Crippen LogP contribution in [0.1, 0.15) is 48.4 Å². The number of thioether (sulfide) groups is 1. The Morgan fingerprint density at radius 3 is 2.87 bits per heavy atom. The maximum Gasteiger partial charge on any atom is 0.234 e. The van der Waals surface area contributed by atoms with Gasteiger partial charge in [-0.15, -0.1) is 21.5 Å². The molecule has 158 valence electrons. The lowest BCUT2D eigenvalue weighted by atomic mass is 9.89. The smallest absolute Gasteiger partial charge is 0.234 e. The van der Waals surface area contributed by atoms with Gasteiger partial charge in [0.1, 0.15) is 10.7 Å². The van der Waals surface area contributed by atoms with Gasteiger partial charge >= 0.3 is 0 Å². The van der Waals surface area contributed by atoms with E-state index in [4.69, 9.17) is 4.98 Å². The van der Waals surface area contributed by atoms with E-state index in [2.05, 4.69) is 26.8 Å². The van der Waals surface area contributed by atoms with Crippen molar-refractivity contribution < 1.29 is 4.79 Å². The molecule has 3 aromatic heterocycles. The fourth-order valence-corrected chi connectivity index (χ4v) is 6.52. The van der Waals surface area contributed by atoms with Crippen LogP contribution < -0.4 is 5.32 Å². The van der Waals surface area contributed by atoms with E-state index < -0.39 is 0 Å². The van der Waals surface area contributed by atoms with Crippen molar-refractivity contribution >= 4 is 50.6 Å². The molecule has 6 nitrogen and oxygen atoms in total. The van der Waals surface area contributed by atoms with E-state index in [0.29, 0.717) is 5.92 Å². The number of nitrogens with zero attached hydrogens (tertiary/aromatic N) is 4. The van der Waals surface area contributed by atoms with E-state index in [1.54, 1.807) is 0 Å². The van der Waals surface area contributed by atoms with Crippen molar-refractivity contribution in [3.8, 4) is 0 Å². The molecular weight excluding hydrogens is 426 g/mol. The second-order valence-electron chi connectivity index (χ2n) is 8.62. The molecule has 0 radical (unpaired) electrons. The van der Waals surface area contributed by atoms with Gasteiger partial charge in [-0.05, 0) is 55.7 Å². The molecule has 1 atom stereocenters. The summed E-state index contributed by atoms with van der Waals surface area (Å²) in [5.74, 6) is 2.50. The molecule has 6 rings (SSSR count). The Hall–Kier alpha value is -2.45. The number of anilines is 1. The number of fused-ring (bicyclic) bond motifs is 5. The predicted octanol–water partition coefficient (Wildman–Crippen LogP) is 5.07. The van der Waals surface area contributed by atoms with Crippen molar-refractivity contribution in [2.75, 3.05) is 11.1 Å². The first-order chi connectivity index (χ1) is 15.2. The minimum Gasteiger partial charge on any atom is -0.325 e. The average molecular weight is 450 g/mol. The molecule has 0 saturated heterocycles. The van der Waals surface area contributed by atoms with Crippen LogP contribution in [0.3, 0.4) is 0 Å². The van der Waals surface area contributed by atoms with Crippen molar-refractivity contribution in [2.24, 2.45) is 5.92 Å². The first kappa shape index (κ1) is 19.3. The number of hydrogen-bond donors (Lipinski definition) is 1. The van der Waals surface area contributed by atoms with E-state index in [0.717, 1.165) is 58.7 Å². The summed E-state index contributed by atoms with van der Waals surface area (Å²) in [6.07, 6.45) is 5.76. The van der Waals surface area contributed by atoms with E-state index in [-0.39, 0.29) is 11.7 Å². The number of nitrogens with one attached hydrogen (secondary N) is 1. The highest BCUT2D eigenvalue weighted by molar-refractivity contribution is 7.99. The zero-order valence-corrected chi connectivity index (χ0v) is 18.9. The third-order valence-corrected chi connectivity index (χ3v) is 8.20. The molecule has 1 N–H and O–H groups in total. The lowest BCUT2D eigenvalue weighted by molar-refractivity contribution is -0.113. The monoisotopic (exact) mass is 449 g/mol. The van der Waals surface area contributed by atoms with Crippen LogP contribution in [0, 0.1) is 5.92 Å². The number of carbonyl (C=O) groups excluding carboxylic acids is 1. The van der Waals surface area contributed by atoms with Gasteiger partial charge in [-0.2, -0.15) is 0 Å². The van der Waals surface area contributed by atoms with E-state index in [1.807, 2.05) is 41.7 Å². The molecular formula is C23H23N5OS2. The van der Waals surface area contributed by atoms with Crippen LogP contribution in [0.4, 0.5) is 5.69 Å². The topological polar surface area (TPSA) is 72.2 Å². The molecule has 8 heteroatoms. The van der Waals surface area contributed by atoms with E-state index in [9.17, 15) is 4.79 Å². The molecule has 2 aliphatic rings. The number of hydrogen-bond acceptors (Lipinski definition) is 6. The molecule has 1 aromatic carbocycles. The summed E-state index contributed by atoms with van der Waals surface area (Å²) in [4.78, 5) is 20.2. The summed E-state index contributed by atoms with van der Waals surface area (Å²) in [6, 6.07) is 9.54. The van der Waals surface area contributed by atoms with Gasteiger partial charge in [0.05, 0.1) is 11.1 Å². The highest BCUT2D eigenvalue weighted by Gasteiger charge is 2.32. The van der Waals surface area contributed by atoms with Crippen LogP contribution in [0.25, 0.3) is 15.9 Å². The molecule has 1 amide bonds. The summed E-state index contributed by atoms with van der Waals surface area (Å²) in [6.45, 7) is 2.33. The van der Waals surface area contributed by atoms with Gasteiger partial charge in [0.25, 0.3) is 0 Å². The summed E-state index contributed by atoms with van der Waals surface area (Å²) in [5.41, 5.74) is 3.15. The van der Waals surface area contributed by atoms with Crippen LogP contribution >= 0.6 is 23.1 Å². The lowest BCUT2D eigenvalue weighted by Gasteiger charge is -2.17. The third kappa shape index (κ3) is 3.51. The summed E-state index contributed by atoms with van der Waals surface area (Å²) in [7, 11) is 0. The van der Waals surface area contributed by atoms with Crippen LogP contribution in [0.2, 0.25) is 0 Å². The standard InChI is InChI=1S/C23H23N5OS2/c1-13-7-10-16-17(11-13)31-22-19(16)21-26-27-23(28(21)20(25-22)14-8-9-14)30-12-18(29)24-15-5-3-2-4-6-15/h2-6,13-14H,7-12H2,1H3,(H,24,29)/t13-/m0/s1. The first-order valence-corrected chi connectivity index (χ1v) is 12.6. The Morgan fingerprint density at radius 1 is 1.23 bits per heavy atom. The van der Waals surface area contributed by atoms with Crippen molar-refractivity contribution in [3.63, 3.8) is 0 Å². The van der Waals surface area contributed by atoms with Crippen LogP contribution in [-0.4, -0.2) is 31.2 Å². The van der Waals surface area contributed by atoms with Crippen molar-refractivity contribution in [3.05, 3.63) is 46.6 Å². The summed E-state index contributed by atoms with van der Waals surface area (Å²) >= 11 is 3.28. The maximum atomic E-state index is 12.5. The Bertz CT molecular complexity index is 1290. The molecule has 0 bridgehead atoms. The van der Waals surface area contributed by atoms with Gasteiger partial charge in [-0.1, -0.05) is 36.9 Å². The molecule has 1 fully saturated rings. The van der Waals surface area contributed by atoms with Crippen molar-refractivity contribution in [1.29, 1.82) is 0 Å². The number of para-hydroxylation sites is 1. The van der Waals surface area contributed by atoms with Gasteiger partial charge in [0, 0.05) is 16.5 Å². The molecule has 4 aromatic rings. The van der Waals surface area contributed by atoms with E-state index >= 15 is 0 Å². The van der Waals surface area contributed by atoms with Crippen LogP contribution in [0.5, 0.6) is 0 Å². The lowest BCUT2D eigenvalue weighted by Crippen LogP contribution is -2.14.